The summed E-state index contributed by atoms with van der Waals surface area (Å²) in [4.78, 5) is 55.2. The molecule has 5 aromatic rings. The van der Waals surface area contributed by atoms with Crippen molar-refractivity contribution < 1.29 is 33.2 Å². The summed E-state index contributed by atoms with van der Waals surface area (Å²) in [5.74, 6) is 3.22. The minimum atomic E-state index is -3.35. The molecule has 0 amide bonds. The zero-order valence-electron chi connectivity index (χ0n) is 51.3. The van der Waals surface area contributed by atoms with Crippen LogP contribution >= 0.6 is 99.5 Å². The van der Waals surface area contributed by atoms with Crippen LogP contribution in [0.1, 0.15) is 160 Å². The topological polar surface area (TPSA) is 387 Å². The Bertz CT molecular complexity index is 3150. The van der Waals surface area contributed by atoms with Crippen molar-refractivity contribution in [2.45, 2.75) is 152 Å². The van der Waals surface area contributed by atoms with E-state index in [0.29, 0.717) is 64.1 Å². The number of hydrogen-bond acceptors (Lipinski definition) is 27. The van der Waals surface area contributed by atoms with Gasteiger partial charge in [0.15, 0.2) is 25.8 Å². The van der Waals surface area contributed by atoms with Crippen LogP contribution in [0.3, 0.4) is 0 Å². The molecule has 2 radical (unpaired) electrons. The molecule has 7 fully saturated rings. The van der Waals surface area contributed by atoms with Crippen molar-refractivity contribution in [3.8, 4) is 6.01 Å². The van der Waals surface area contributed by atoms with Crippen molar-refractivity contribution in [3.05, 3.63) is 64.9 Å². The number of nitrogen functional groups attached to an aromatic ring is 4. The average molecular weight is 1550 g/mol. The molecule has 496 valence electrons. The molecule has 5 heterocycles. The summed E-state index contributed by atoms with van der Waals surface area (Å²) in [7, 11) is 13.4. The van der Waals surface area contributed by atoms with Crippen LogP contribution < -0.4 is 27.7 Å². The molecule has 25 nitrogen and oxygen atoms in total. The van der Waals surface area contributed by atoms with Crippen molar-refractivity contribution in [2.75, 3.05) is 102 Å². The number of sulfone groups is 1. The van der Waals surface area contributed by atoms with Gasteiger partial charge in [0, 0.05) is 54.9 Å². The summed E-state index contributed by atoms with van der Waals surface area (Å²) >= 11 is 25.6. The first kappa shape index (κ1) is 77.9. The number of aromatic nitrogens is 10. The first-order valence-electron chi connectivity index (χ1n) is 28.7. The van der Waals surface area contributed by atoms with E-state index in [1.165, 1.54) is 74.9 Å². The zero-order valence-corrected chi connectivity index (χ0v) is 61.9. The molecule has 7 aliphatic rings. The molecule has 0 aromatic carbocycles. The molecule has 0 unspecified atom stereocenters. The van der Waals surface area contributed by atoms with Crippen molar-refractivity contribution >= 4 is 164 Å². The maximum absolute atomic E-state index is 11.6. The number of thioether (sulfide) groups is 3. The predicted octanol–water partition coefficient (Wildman–Crippen LogP) is 10.2. The number of likely N-dealkylation sites (N-methyl/N-ethyl adjacent to an activating group) is 2. The average Bonchev–Trinajstić information content (AvgIpc) is 1.75. The summed E-state index contributed by atoms with van der Waals surface area (Å²) in [6.07, 6.45) is 22.7. The quantitative estimate of drug-likeness (QED) is 0.0107. The normalized spacial score (nSPS) is 16.3. The van der Waals surface area contributed by atoms with Crippen LogP contribution in [-0.4, -0.2) is 194 Å². The Balaban J connectivity index is 0.000000195. The molecule has 0 spiro atoms. The van der Waals surface area contributed by atoms with E-state index in [4.69, 9.17) is 107 Å². The van der Waals surface area contributed by atoms with E-state index in [-0.39, 0.29) is 43.9 Å². The molecule has 0 bridgehead atoms. The van der Waals surface area contributed by atoms with Gasteiger partial charge in [0.1, 0.15) is 12.3 Å². The molecule has 7 saturated carbocycles. The molecule has 90 heavy (non-hydrogen) atoms. The molecule has 0 atom stereocenters. The fourth-order valence-corrected chi connectivity index (χ4v) is 10.6. The van der Waals surface area contributed by atoms with E-state index in [2.05, 4.69) is 54.7 Å². The number of aliphatic hydroxyl groups is 1. The van der Waals surface area contributed by atoms with Gasteiger partial charge in [0.05, 0.1) is 62.8 Å². The van der Waals surface area contributed by atoms with Crippen molar-refractivity contribution in [1.29, 1.82) is 0 Å². The van der Waals surface area contributed by atoms with Gasteiger partial charge in [0.2, 0.25) is 25.3 Å². The SMILES string of the molecule is CN(C)CCO.CN(C)CCOc1nc(C2CC2)c(N)c(C2CC2)n1.CS(=O)(=O)c1nc(C2CC2)c(N)c(C2CC2)n1.CSc1nc(C2CC2)c(N)c(C2CC2)n1.CSc1nc(Cl)c(N)c(Cl)n1.CSc1nc(Cl)c([N+](=O)[O-])c(Cl)n1.OB(O)C1CC1.[Cl][Sn][Cl]. The summed E-state index contributed by atoms with van der Waals surface area (Å²) in [6.45, 7) is 2.50. The molecule has 37 heteroatoms. The van der Waals surface area contributed by atoms with Crippen LogP contribution in [0, 0.1) is 10.1 Å². The minimum absolute atomic E-state index is 0.0597. The Morgan fingerprint density at radius 1 is 0.556 bits per heavy atom. The number of nitro groups is 1. The summed E-state index contributed by atoms with van der Waals surface area (Å²) in [5, 5.41) is 36.7. The van der Waals surface area contributed by atoms with Crippen LogP contribution in [0.2, 0.25) is 26.4 Å². The van der Waals surface area contributed by atoms with Crippen LogP contribution in [0.4, 0.5) is 28.4 Å². The fourth-order valence-electron chi connectivity index (χ4n) is 7.81. The first-order valence-corrected chi connectivity index (χ1v) is 43.0. The Morgan fingerprint density at radius 3 is 1.09 bits per heavy atom. The number of rotatable bonds is 18. The first-order chi connectivity index (χ1) is 42.6. The van der Waals surface area contributed by atoms with E-state index in [1.807, 2.05) is 45.6 Å². The Hall–Kier alpha value is -2.80. The summed E-state index contributed by atoms with van der Waals surface area (Å²) < 4.78 is 28.8. The summed E-state index contributed by atoms with van der Waals surface area (Å²) in [5.41, 5.74) is 31.7. The maximum atomic E-state index is 11.6. The molecule has 5 aromatic heterocycles. The van der Waals surface area contributed by atoms with Gasteiger partial charge in [-0.15, -0.1) is 0 Å². The number of aliphatic hydroxyl groups excluding tert-OH is 1. The van der Waals surface area contributed by atoms with E-state index < -0.39 is 46.5 Å². The number of ether oxygens (including phenoxy) is 1. The van der Waals surface area contributed by atoms with Gasteiger partial charge in [-0.3, -0.25) is 10.1 Å². The third-order valence-electron chi connectivity index (χ3n) is 13.8. The van der Waals surface area contributed by atoms with Crippen molar-refractivity contribution in [1.82, 2.24) is 59.6 Å². The Morgan fingerprint density at radius 2 is 0.856 bits per heavy atom. The number of halogens is 6. The van der Waals surface area contributed by atoms with Gasteiger partial charge in [0.25, 0.3) is 0 Å². The van der Waals surface area contributed by atoms with Gasteiger partial charge in [-0.25, -0.2) is 48.3 Å². The molecule has 7 aliphatic carbocycles. The van der Waals surface area contributed by atoms with Gasteiger partial charge in [-0.2, -0.15) is 9.97 Å². The Labute approximate surface area is 576 Å². The third-order valence-corrected chi connectivity index (χ3v) is 17.4. The van der Waals surface area contributed by atoms with Crippen LogP contribution in [0.25, 0.3) is 0 Å². The van der Waals surface area contributed by atoms with Crippen LogP contribution in [-0.2, 0) is 9.84 Å². The molecule has 0 saturated heterocycles. The van der Waals surface area contributed by atoms with Gasteiger partial charge >= 0.3 is 55.5 Å². The number of nitrogens with two attached hydrogens (primary N) is 4. The van der Waals surface area contributed by atoms with Gasteiger partial charge in [-0.05, 0) is 130 Å². The van der Waals surface area contributed by atoms with Crippen LogP contribution in [0.15, 0.2) is 20.6 Å². The molecular weight excluding hydrogens is 1470 g/mol. The second-order valence-corrected chi connectivity index (χ2v) is 32.2. The molecule has 0 aliphatic heterocycles. The van der Waals surface area contributed by atoms with Crippen molar-refractivity contribution in [2.24, 2.45) is 0 Å². The standard InChI is InChI=1S/C14H22N4O.C11H15N3O2S.C11H15N3S.C5H3Cl2N3O2S.C5H5Cl2N3S.C4H11NO.C3H7BO2.2ClH.Sn/c1-18(2)7-8-19-14-16-12(9-3-4-9)11(15)13(17-14)10-5-6-10;1-17(15,16)11-13-9(6-2-3-6)8(12)10(14-11)7-4-5-7;1-15-11-13-9(6-2-3-6)8(12)10(14-11)7-4-5-7;1-13-5-8-3(6)2(10(11)12)4(7)9-5;1-11-5-9-3(6)2(8)4(7)10-5;1-5(2)3-4-6;5-4(6)3-1-2-3;;;/h9-10H,3-8,15H2,1-2H3;6-7H,2-5,12H2,1H3;6-7H,2-5,12H2,1H3;1H3;8H2,1H3;6H,3-4H2,1-2H3;3,5-6H,1-2H2;2*1H;/q;;;;;;;;;+2/p-2. The van der Waals surface area contributed by atoms with Crippen LogP contribution in [0.5, 0.6) is 6.01 Å². The number of anilines is 4. The van der Waals surface area contributed by atoms with Gasteiger partial charge in [-0.1, -0.05) is 94.5 Å². The van der Waals surface area contributed by atoms with Crippen molar-refractivity contribution in [3.63, 3.8) is 0 Å². The second-order valence-electron chi connectivity index (χ2n) is 22.3. The van der Waals surface area contributed by atoms with E-state index in [1.54, 1.807) is 18.0 Å². The molecule has 11 N–H and O–H groups in total. The zero-order chi connectivity index (χ0) is 66.7. The fraction of sp³-hybridized carbons (Fsp3) is 0.623. The van der Waals surface area contributed by atoms with E-state index in [0.717, 1.165) is 109 Å². The monoisotopic (exact) mass is 1550 g/mol. The van der Waals surface area contributed by atoms with Gasteiger partial charge < -0.3 is 52.6 Å². The summed E-state index contributed by atoms with van der Waals surface area (Å²) in [6, 6.07) is 0.514. The third kappa shape index (κ3) is 26.4. The predicted molar refractivity (Wildman–Crippen MR) is 365 cm³/mol. The van der Waals surface area contributed by atoms with E-state index >= 15 is 0 Å². The Kier molecular flexibility index (Phi) is 32.4. The van der Waals surface area contributed by atoms with E-state index in [9.17, 15) is 18.5 Å². The molecule has 12 rings (SSSR count). The number of nitrogens with zero attached hydrogens (tertiary/aromatic N) is 13. The second kappa shape index (κ2) is 37.5. The number of hydrogen-bond donors (Lipinski definition) is 7. The molecular formula is C53H78BCl6N17O8S4Sn.